The minimum atomic E-state index is -0.471. The molecule has 0 aliphatic rings. The highest BCUT2D eigenvalue weighted by atomic mass is 32.2. The van der Waals surface area contributed by atoms with Gasteiger partial charge >= 0.3 is 0 Å². The number of carbonyl (C=O) groups excluding carboxylic acids is 2. The van der Waals surface area contributed by atoms with Crippen molar-refractivity contribution in [1.29, 1.82) is 0 Å². The summed E-state index contributed by atoms with van der Waals surface area (Å²) in [4.78, 5) is 27.9. The minimum absolute atomic E-state index is 0.0351. The van der Waals surface area contributed by atoms with E-state index >= 15 is 0 Å². The van der Waals surface area contributed by atoms with E-state index in [-0.39, 0.29) is 11.7 Å². The van der Waals surface area contributed by atoms with Crippen LogP contribution < -0.4 is 5.32 Å². The number of aromatic amines is 1. The molecule has 0 bridgehead atoms. The van der Waals surface area contributed by atoms with E-state index in [2.05, 4.69) is 20.5 Å². The number of carbonyl (C=O) groups is 2. The van der Waals surface area contributed by atoms with Gasteiger partial charge in [0.2, 0.25) is 11.1 Å². The number of anilines is 1. The Kier molecular flexibility index (Phi) is 5.66. The monoisotopic (exact) mass is 384 g/mol. The lowest BCUT2D eigenvalue weighted by Crippen LogP contribution is -2.22. The van der Waals surface area contributed by atoms with E-state index in [0.717, 1.165) is 11.8 Å². The number of aromatic nitrogens is 3. The number of hydrogen-bond acceptors (Lipinski definition) is 5. The van der Waals surface area contributed by atoms with Crippen molar-refractivity contribution in [1.82, 2.24) is 15.2 Å². The molecule has 0 saturated carbocycles. The van der Waals surface area contributed by atoms with Gasteiger partial charge in [0, 0.05) is 11.3 Å². The lowest BCUT2D eigenvalue weighted by molar-refractivity contribution is -0.115. The molecule has 1 atom stereocenters. The molecule has 1 heterocycles. The first-order valence-corrected chi connectivity index (χ1v) is 9.08. The van der Waals surface area contributed by atoms with Crippen molar-refractivity contribution in [3.05, 3.63) is 59.9 Å². The Morgan fingerprint density at radius 1 is 1.15 bits per heavy atom. The third-order valence-electron chi connectivity index (χ3n) is 3.80. The molecule has 138 valence electrons. The van der Waals surface area contributed by atoms with Gasteiger partial charge < -0.3 is 5.32 Å². The number of nitrogens with zero attached hydrogens (tertiary/aromatic N) is 2. The van der Waals surface area contributed by atoms with Gasteiger partial charge in [-0.05, 0) is 50.2 Å². The molecule has 0 radical (unpaired) electrons. The summed E-state index contributed by atoms with van der Waals surface area (Å²) < 4.78 is 13.8. The van der Waals surface area contributed by atoms with E-state index < -0.39 is 11.1 Å². The van der Waals surface area contributed by atoms with Crippen LogP contribution in [0.1, 0.15) is 24.2 Å². The van der Waals surface area contributed by atoms with E-state index in [1.165, 1.54) is 13.0 Å². The van der Waals surface area contributed by atoms with Gasteiger partial charge in [0.1, 0.15) is 5.82 Å². The Balaban J connectivity index is 1.63. The molecule has 3 rings (SSSR count). The molecule has 8 heteroatoms. The molecule has 27 heavy (non-hydrogen) atoms. The smallest absolute Gasteiger partial charge is 0.237 e. The van der Waals surface area contributed by atoms with Crippen molar-refractivity contribution >= 4 is 29.1 Å². The Morgan fingerprint density at radius 3 is 2.52 bits per heavy atom. The number of rotatable bonds is 6. The van der Waals surface area contributed by atoms with Crippen molar-refractivity contribution < 1.29 is 14.0 Å². The van der Waals surface area contributed by atoms with Gasteiger partial charge in [-0.3, -0.25) is 14.7 Å². The molecule has 6 nitrogen and oxygen atoms in total. The van der Waals surface area contributed by atoms with Crippen molar-refractivity contribution in [2.75, 3.05) is 5.32 Å². The summed E-state index contributed by atoms with van der Waals surface area (Å²) in [6.07, 6.45) is 0. The fraction of sp³-hybridized carbons (Fsp3) is 0.158. The standard InChI is InChI=1S/C19H17FN4O2S/c1-11(25)13-7-9-14(10-8-13)21-18(26)12(2)27-19-22-17(23-24-19)15-5-3-4-6-16(15)20/h3-10,12H,1-2H3,(H,21,26)(H,22,23,24). The Bertz CT molecular complexity index is 972. The number of H-pyrrole nitrogens is 1. The Morgan fingerprint density at radius 2 is 1.85 bits per heavy atom. The first-order chi connectivity index (χ1) is 12.9. The van der Waals surface area contributed by atoms with Gasteiger partial charge in [-0.2, -0.15) is 0 Å². The Hall–Kier alpha value is -3.00. The number of thioether (sulfide) groups is 1. The van der Waals surface area contributed by atoms with Gasteiger partial charge in [0.05, 0.1) is 10.8 Å². The van der Waals surface area contributed by atoms with Crippen LogP contribution in [-0.2, 0) is 4.79 Å². The Labute approximate surface area is 159 Å². The zero-order valence-electron chi connectivity index (χ0n) is 14.7. The molecular formula is C19H17FN4O2S. The van der Waals surface area contributed by atoms with Crippen molar-refractivity contribution in [3.63, 3.8) is 0 Å². The second kappa shape index (κ2) is 8.13. The molecule has 0 aliphatic heterocycles. The third kappa shape index (κ3) is 4.59. The fourth-order valence-electron chi connectivity index (χ4n) is 2.32. The van der Waals surface area contributed by atoms with Crippen LogP contribution in [-0.4, -0.2) is 32.1 Å². The van der Waals surface area contributed by atoms with Gasteiger partial charge in [-0.15, -0.1) is 5.10 Å². The molecule has 2 aromatic carbocycles. The second-order valence-corrected chi connectivity index (χ2v) is 7.14. The first-order valence-electron chi connectivity index (χ1n) is 8.20. The molecule has 3 aromatic rings. The first kappa shape index (κ1) is 18.8. The number of Topliss-reactive ketones (excluding diaryl/α,β-unsaturated/α-hetero) is 1. The highest BCUT2D eigenvalue weighted by Gasteiger charge is 2.18. The predicted octanol–water partition coefficient (Wildman–Crippen LogP) is 3.93. The number of ketones is 1. The van der Waals surface area contributed by atoms with Crippen LogP contribution >= 0.6 is 11.8 Å². The number of benzene rings is 2. The highest BCUT2D eigenvalue weighted by Crippen LogP contribution is 2.25. The lowest BCUT2D eigenvalue weighted by Gasteiger charge is -2.10. The van der Waals surface area contributed by atoms with E-state index in [1.54, 1.807) is 49.4 Å². The topological polar surface area (TPSA) is 87.7 Å². The summed E-state index contributed by atoms with van der Waals surface area (Å²) in [6, 6.07) is 12.9. The van der Waals surface area contributed by atoms with Crippen LogP contribution in [0.25, 0.3) is 11.4 Å². The fourth-order valence-corrected chi connectivity index (χ4v) is 3.04. The molecule has 2 N–H and O–H groups in total. The van der Waals surface area contributed by atoms with E-state index in [1.807, 2.05) is 0 Å². The average molecular weight is 384 g/mol. The molecule has 1 unspecified atom stereocenters. The van der Waals surface area contributed by atoms with Gasteiger partial charge in [-0.1, -0.05) is 23.9 Å². The maximum atomic E-state index is 13.8. The van der Waals surface area contributed by atoms with Crippen LogP contribution in [0.3, 0.4) is 0 Å². The second-order valence-electron chi connectivity index (χ2n) is 5.83. The zero-order chi connectivity index (χ0) is 19.4. The van der Waals surface area contributed by atoms with Crippen molar-refractivity contribution in [3.8, 4) is 11.4 Å². The summed E-state index contributed by atoms with van der Waals surface area (Å²) in [5, 5.41) is 9.38. The summed E-state index contributed by atoms with van der Waals surface area (Å²) in [6.45, 7) is 3.21. The van der Waals surface area contributed by atoms with Crippen LogP contribution in [0.5, 0.6) is 0 Å². The predicted molar refractivity (Wildman–Crippen MR) is 102 cm³/mol. The van der Waals surface area contributed by atoms with Gasteiger partial charge in [-0.25, -0.2) is 9.37 Å². The van der Waals surface area contributed by atoms with Crippen molar-refractivity contribution in [2.24, 2.45) is 0 Å². The third-order valence-corrected chi connectivity index (χ3v) is 4.77. The van der Waals surface area contributed by atoms with Crippen LogP contribution in [0, 0.1) is 5.82 Å². The summed E-state index contributed by atoms with van der Waals surface area (Å²) >= 11 is 1.16. The summed E-state index contributed by atoms with van der Waals surface area (Å²) in [5.41, 5.74) is 1.50. The normalized spacial score (nSPS) is 11.8. The molecule has 1 aromatic heterocycles. The van der Waals surface area contributed by atoms with E-state index in [4.69, 9.17) is 0 Å². The summed E-state index contributed by atoms with van der Waals surface area (Å²) in [5.74, 6) is -0.354. The highest BCUT2D eigenvalue weighted by molar-refractivity contribution is 8.00. The van der Waals surface area contributed by atoms with Crippen molar-refractivity contribution in [2.45, 2.75) is 24.3 Å². The number of amides is 1. The summed E-state index contributed by atoms with van der Waals surface area (Å²) in [7, 11) is 0. The maximum Gasteiger partial charge on any atom is 0.237 e. The van der Waals surface area contributed by atoms with E-state index in [9.17, 15) is 14.0 Å². The molecule has 0 aliphatic carbocycles. The van der Waals surface area contributed by atoms with Crippen LogP contribution in [0.2, 0.25) is 0 Å². The largest absolute Gasteiger partial charge is 0.325 e. The van der Waals surface area contributed by atoms with E-state index in [0.29, 0.717) is 27.8 Å². The zero-order valence-corrected chi connectivity index (χ0v) is 15.5. The van der Waals surface area contributed by atoms with Crippen LogP contribution in [0.15, 0.2) is 53.7 Å². The quantitative estimate of drug-likeness (QED) is 0.497. The molecule has 0 saturated heterocycles. The SMILES string of the molecule is CC(=O)c1ccc(NC(=O)C(C)Sc2n[nH]c(-c3ccccc3F)n2)cc1. The minimum Gasteiger partial charge on any atom is -0.325 e. The van der Waals surface area contributed by atoms with Gasteiger partial charge in [0.25, 0.3) is 0 Å². The lowest BCUT2D eigenvalue weighted by atomic mass is 10.1. The number of nitrogens with one attached hydrogen (secondary N) is 2. The van der Waals surface area contributed by atoms with Gasteiger partial charge in [0.15, 0.2) is 11.6 Å². The molecule has 0 fully saturated rings. The maximum absolute atomic E-state index is 13.8. The molecular weight excluding hydrogens is 367 g/mol. The average Bonchev–Trinajstić information content (AvgIpc) is 3.10. The number of hydrogen-bond donors (Lipinski definition) is 2. The molecule has 0 spiro atoms. The molecule has 1 amide bonds. The number of halogens is 1. The van der Waals surface area contributed by atoms with Crippen LogP contribution in [0.4, 0.5) is 10.1 Å².